The molecular weight excluding hydrogens is 284 g/mol. The fourth-order valence-electron chi connectivity index (χ4n) is 1.52. The van der Waals surface area contributed by atoms with E-state index in [0.717, 1.165) is 11.8 Å². The molecule has 0 aromatic heterocycles. The standard InChI is InChI=1S/C13H18O6S/c1-10(13(14)15)19-12-7-3-5-11(9-12)6-4-8-18-20(2,16)17/h3,5,7,9-10H,4,6,8H2,1-2H3,(H,14,15)/t10-/m1/s1. The molecule has 112 valence electrons. The Morgan fingerprint density at radius 3 is 2.70 bits per heavy atom. The highest BCUT2D eigenvalue weighted by Gasteiger charge is 2.12. The maximum Gasteiger partial charge on any atom is 0.344 e. The molecule has 0 saturated carbocycles. The summed E-state index contributed by atoms with van der Waals surface area (Å²) in [6.07, 6.45) is 1.26. The van der Waals surface area contributed by atoms with Gasteiger partial charge in [0.05, 0.1) is 12.9 Å². The van der Waals surface area contributed by atoms with Crippen LogP contribution in [0.15, 0.2) is 24.3 Å². The van der Waals surface area contributed by atoms with E-state index in [1.807, 2.05) is 6.07 Å². The molecule has 20 heavy (non-hydrogen) atoms. The second kappa shape index (κ2) is 7.25. The van der Waals surface area contributed by atoms with Crippen LogP contribution in [-0.2, 0) is 25.5 Å². The molecule has 0 heterocycles. The monoisotopic (exact) mass is 302 g/mol. The lowest BCUT2D eigenvalue weighted by Gasteiger charge is -2.11. The van der Waals surface area contributed by atoms with Gasteiger partial charge in [-0.2, -0.15) is 8.42 Å². The molecule has 1 aromatic carbocycles. The lowest BCUT2D eigenvalue weighted by molar-refractivity contribution is -0.144. The summed E-state index contributed by atoms with van der Waals surface area (Å²) >= 11 is 0. The van der Waals surface area contributed by atoms with E-state index in [2.05, 4.69) is 4.18 Å². The molecule has 0 unspecified atom stereocenters. The van der Waals surface area contributed by atoms with Crippen molar-refractivity contribution in [2.24, 2.45) is 0 Å². The quantitative estimate of drug-likeness (QED) is 0.577. The minimum absolute atomic E-state index is 0.120. The summed E-state index contributed by atoms with van der Waals surface area (Å²) in [5, 5.41) is 8.76. The van der Waals surface area contributed by atoms with Gasteiger partial charge in [-0.15, -0.1) is 0 Å². The number of rotatable bonds is 8. The van der Waals surface area contributed by atoms with Crippen LogP contribution in [-0.4, -0.2) is 38.5 Å². The Morgan fingerprint density at radius 1 is 1.40 bits per heavy atom. The van der Waals surface area contributed by atoms with Crippen molar-refractivity contribution >= 4 is 16.1 Å². The van der Waals surface area contributed by atoms with Gasteiger partial charge >= 0.3 is 5.97 Å². The average molecular weight is 302 g/mol. The second-order valence-electron chi connectivity index (χ2n) is 4.38. The molecule has 0 amide bonds. The van der Waals surface area contributed by atoms with E-state index in [1.54, 1.807) is 18.2 Å². The maximum atomic E-state index is 10.8. The molecule has 0 aliphatic heterocycles. The lowest BCUT2D eigenvalue weighted by atomic mass is 10.1. The van der Waals surface area contributed by atoms with Crippen LogP contribution in [0.25, 0.3) is 0 Å². The van der Waals surface area contributed by atoms with Crippen molar-refractivity contribution in [2.45, 2.75) is 25.9 Å². The second-order valence-corrected chi connectivity index (χ2v) is 6.02. The largest absolute Gasteiger partial charge is 0.479 e. The normalized spacial score (nSPS) is 12.9. The Morgan fingerprint density at radius 2 is 2.10 bits per heavy atom. The summed E-state index contributed by atoms with van der Waals surface area (Å²) < 4.78 is 31.5. The highest BCUT2D eigenvalue weighted by Crippen LogP contribution is 2.16. The van der Waals surface area contributed by atoms with Crippen molar-refractivity contribution in [2.75, 3.05) is 12.9 Å². The lowest BCUT2D eigenvalue weighted by Crippen LogP contribution is -2.22. The molecule has 7 heteroatoms. The van der Waals surface area contributed by atoms with Crippen molar-refractivity contribution in [1.29, 1.82) is 0 Å². The van der Waals surface area contributed by atoms with Gasteiger partial charge in [0.25, 0.3) is 10.1 Å². The Labute approximate surface area is 118 Å². The minimum Gasteiger partial charge on any atom is -0.479 e. The van der Waals surface area contributed by atoms with Crippen LogP contribution >= 0.6 is 0 Å². The third-order valence-electron chi connectivity index (χ3n) is 2.47. The van der Waals surface area contributed by atoms with Crippen LogP contribution in [0.3, 0.4) is 0 Å². The first-order chi connectivity index (χ1) is 9.28. The Bertz CT molecular complexity index is 552. The highest BCUT2D eigenvalue weighted by atomic mass is 32.2. The van der Waals surface area contributed by atoms with Gasteiger partial charge < -0.3 is 9.84 Å². The topological polar surface area (TPSA) is 89.9 Å². The van der Waals surface area contributed by atoms with E-state index < -0.39 is 22.2 Å². The molecule has 0 fully saturated rings. The first kappa shape index (κ1) is 16.5. The number of aryl methyl sites for hydroxylation is 1. The van der Waals surface area contributed by atoms with Crippen molar-refractivity contribution < 1.29 is 27.2 Å². The van der Waals surface area contributed by atoms with Gasteiger partial charge in [0.1, 0.15) is 5.75 Å². The third-order valence-corrected chi connectivity index (χ3v) is 3.06. The van der Waals surface area contributed by atoms with Crippen molar-refractivity contribution in [1.82, 2.24) is 0 Å². The number of benzene rings is 1. The molecule has 0 spiro atoms. The van der Waals surface area contributed by atoms with Crippen molar-refractivity contribution in [3.8, 4) is 5.75 Å². The summed E-state index contributed by atoms with van der Waals surface area (Å²) in [6.45, 7) is 1.57. The van der Waals surface area contributed by atoms with Gasteiger partial charge in [-0.05, 0) is 37.5 Å². The zero-order chi connectivity index (χ0) is 15.2. The number of ether oxygens (including phenoxy) is 1. The van der Waals surface area contributed by atoms with Crippen LogP contribution < -0.4 is 4.74 Å². The number of hydrogen-bond donors (Lipinski definition) is 1. The Kier molecular flexibility index (Phi) is 5.97. The molecule has 1 N–H and O–H groups in total. The highest BCUT2D eigenvalue weighted by molar-refractivity contribution is 7.85. The predicted octanol–water partition coefficient (Wildman–Crippen LogP) is 1.45. The summed E-state index contributed by atoms with van der Waals surface area (Å²) in [5.74, 6) is -0.557. The van der Waals surface area contributed by atoms with E-state index in [-0.39, 0.29) is 6.61 Å². The van der Waals surface area contributed by atoms with Crippen LogP contribution in [0, 0.1) is 0 Å². The molecule has 1 aromatic rings. The fourth-order valence-corrected chi connectivity index (χ4v) is 1.94. The summed E-state index contributed by atoms with van der Waals surface area (Å²) in [7, 11) is -3.40. The molecule has 0 aliphatic rings. The SMILES string of the molecule is C[C@@H](Oc1cccc(CCCOS(C)(=O)=O)c1)C(=O)O. The summed E-state index contributed by atoms with van der Waals surface area (Å²) in [5.41, 5.74) is 0.928. The van der Waals surface area contributed by atoms with E-state index >= 15 is 0 Å². The van der Waals surface area contributed by atoms with Crippen LogP contribution in [0.1, 0.15) is 18.9 Å². The number of hydrogen-bond acceptors (Lipinski definition) is 5. The van der Waals surface area contributed by atoms with Crippen molar-refractivity contribution in [3.05, 3.63) is 29.8 Å². The molecular formula is C13H18O6S. The van der Waals surface area contributed by atoms with Gasteiger partial charge in [0.2, 0.25) is 0 Å². The zero-order valence-electron chi connectivity index (χ0n) is 11.4. The minimum atomic E-state index is -3.40. The first-order valence-electron chi connectivity index (χ1n) is 6.11. The first-order valence-corrected chi connectivity index (χ1v) is 7.92. The van der Waals surface area contributed by atoms with E-state index in [0.29, 0.717) is 18.6 Å². The number of carboxylic acids is 1. The molecule has 0 aliphatic carbocycles. The molecule has 0 saturated heterocycles. The predicted molar refractivity (Wildman–Crippen MR) is 73.3 cm³/mol. The van der Waals surface area contributed by atoms with Gasteiger partial charge in [-0.3, -0.25) is 4.18 Å². The van der Waals surface area contributed by atoms with Crippen LogP contribution in [0.2, 0.25) is 0 Å². The maximum absolute atomic E-state index is 10.8. The molecule has 0 bridgehead atoms. The fraction of sp³-hybridized carbons (Fsp3) is 0.462. The number of aliphatic carboxylic acids is 1. The number of carbonyl (C=O) groups is 1. The Hall–Kier alpha value is -1.60. The molecule has 0 radical (unpaired) electrons. The van der Waals surface area contributed by atoms with E-state index in [9.17, 15) is 13.2 Å². The Balaban J connectivity index is 2.49. The van der Waals surface area contributed by atoms with E-state index in [4.69, 9.17) is 9.84 Å². The molecule has 1 atom stereocenters. The van der Waals surface area contributed by atoms with Crippen LogP contribution in [0.4, 0.5) is 0 Å². The molecule has 6 nitrogen and oxygen atoms in total. The molecule has 1 rings (SSSR count). The van der Waals surface area contributed by atoms with Gasteiger partial charge in [0, 0.05) is 0 Å². The smallest absolute Gasteiger partial charge is 0.344 e. The van der Waals surface area contributed by atoms with Crippen LogP contribution in [0.5, 0.6) is 5.75 Å². The average Bonchev–Trinajstić information content (AvgIpc) is 2.34. The van der Waals surface area contributed by atoms with Gasteiger partial charge in [0.15, 0.2) is 6.10 Å². The third kappa shape index (κ3) is 6.53. The summed E-state index contributed by atoms with van der Waals surface area (Å²) in [6, 6.07) is 7.03. The van der Waals surface area contributed by atoms with Gasteiger partial charge in [-0.1, -0.05) is 12.1 Å². The van der Waals surface area contributed by atoms with Crippen molar-refractivity contribution in [3.63, 3.8) is 0 Å². The summed E-state index contributed by atoms with van der Waals surface area (Å²) in [4.78, 5) is 10.7. The van der Waals surface area contributed by atoms with Gasteiger partial charge in [-0.25, -0.2) is 4.79 Å². The van der Waals surface area contributed by atoms with E-state index in [1.165, 1.54) is 6.92 Å². The zero-order valence-corrected chi connectivity index (χ0v) is 12.2. The number of carboxylic acid groups (broad SMARTS) is 1.